The molecule has 208 valence electrons. The molecule has 2 aromatic heterocycles. The lowest BCUT2D eigenvalue weighted by molar-refractivity contribution is 0.140. The molecule has 2 fully saturated rings. The zero-order chi connectivity index (χ0) is 27.6. The van der Waals surface area contributed by atoms with Gasteiger partial charge in [-0.2, -0.15) is 9.97 Å². The highest BCUT2D eigenvalue weighted by Gasteiger charge is 2.43. The highest BCUT2D eigenvalue weighted by atomic mass is 32.2. The van der Waals surface area contributed by atoms with Crippen molar-refractivity contribution in [1.82, 2.24) is 19.9 Å². The molecule has 12 heteroatoms. The summed E-state index contributed by atoms with van der Waals surface area (Å²) in [5.41, 5.74) is 4.90. The topological polar surface area (TPSA) is 119 Å². The minimum Gasteiger partial charge on any atom is -0.494 e. The van der Waals surface area contributed by atoms with Gasteiger partial charge >= 0.3 is 0 Å². The van der Waals surface area contributed by atoms with E-state index >= 15 is 0 Å². The van der Waals surface area contributed by atoms with Crippen molar-refractivity contribution in [1.29, 1.82) is 0 Å². The lowest BCUT2D eigenvalue weighted by Gasteiger charge is -2.57. The average molecular weight is 561 g/mol. The van der Waals surface area contributed by atoms with Crippen molar-refractivity contribution < 1.29 is 13.2 Å². The van der Waals surface area contributed by atoms with Crippen LogP contribution in [-0.4, -0.2) is 80.4 Å². The second kappa shape index (κ2) is 9.27. The summed E-state index contributed by atoms with van der Waals surface area (Å²) >= 11 is 0. The Morgan fingerprint density at radius 1 is 1.05 bits per heavy atom. The van der Waals surface area contributed by atoms with Gasteiger partial charge in [0.2, 0.25) is 16.0 Å². The molecule has 2 aromatic carbocycles. The molecule has 5 heterocycles. The van der Waals surface area contributed by atoms with E-state index < -0.39 is 10.0 Å². The maximum Gasteiger partial charge on any atom is 0.232 e. The Balaban J connectivity index is 1.20. The molecule has 0 radical (unpaired) electrons. The third kappa shape index (κ3) is 4.18. The number of para-hydroxylation sites is 1. The Morgan fingerprint density at radius 3 is 2.65 bits per heavy atom. The molecule has 0 spiro atoms. The van der Waals surface area contributed by atoms with Crippen LogP contribution in [-0.2, 0) is 16.4 Å². The Kier molecular flexibility index (Phi) is 5.79. The molecule has 0 saturated carbocycles. The van der Waals surface area contributed by atoms with Crippen molar-refractivity contribution in [2.24, 2.45) is 0 Å². The number of H-pyrrole nitrogens is 1. The standard InChI is InChI=1S/C28H32N8O3S/c1-34-15-19-13-20(16-34)36(19)18-7-8-22(24(14-18)39-2)31-28-32-26-21(9-11-29-26)27(33-28)30-23-6-4-5-17-10-12-35(25(17)23)40(3,37)38/h4-9,11,14,19-20H,10,12-13,15-16H2,1-3H3,(H3,29,30,31,32,33). The number of rotatable bonds is 7. The fourth-order valence-electron chi connectivity index (χ4n) is 6.38. The smallest absolute Gasteiger partial charge is 0.232 e. The first-order chi connectivity index (χ1) is 19.3. The highest BCUT2D eigenvalue weighted by Crippen LogP contribution is 2.41. The average Bonchev–Trinajstić information content (AvgIpc) is 3.57. The van der Waals surface area contributed by atoms with Crippen molar-refractivity contribution in [2.45, 2.75) is 24.9 Å². The van der Waals surface area contributed by atoms with E-state index in [1.54, 1.807) is 7.11 Å². The summed E-state index contributed by atoms with van der Waals surface area (Å²) in [5.74, 6) is 1.67. The van der Waals surface area contributed by atoms with Crippen LogP contribution in [0.4, 0.5) is 34.5 Å². The number of ether oxygens (including phenoxy) is 1. The molecule has 2 unspecified atom stereocenters. The summed E-state index contributed by atoms with van der Waals surface area (Å²) in [6.45, 7) is 2.57. The summed E-state index contributed by atoms with van der Waals surface area (Å²) in [7, 11) is 0.437. The number of piperidine rings is 1. The van der Waals surface area contributed by atoms with Gasteiger partial charge in [0.25, 0.3) is 0 Å². The van der Waals surface area contributed by atoms with E-state index in [2.05, 4.69) is 49.6 Å². The maximum atomic E-state index is 12.5. The van der Waals surface area contributed by atoms with Crippen LogP contribution in [0, 0.1) is 0 Å². The highest BCUT2D eigenvalue weighted by molar-refractivity contribution is 7.92. The fraction of sp³-hybridized carbons (Fsp3) is 0.357. The molecule has 40 heavy (non-hydrogen) atoms. The molecule has 7 rings (SSSR count). The van der Waals surface area contributed by atoms with Crippen LogP contribution in [0.25, 0.3) is 11.0 Å². The van der Waals surface area contributed by atoms with Gasteiger partial charge in [-0.15, -0.1) is 0 Å². The van der Waals surface area contributed by atoms with Crippen LogP contribution in [0.2, 0.25) is 0 Å². The van der Waals surface area contributed by atoms with Crippen LogP contribution < -0.4 is 24.6 Å². The number of fused-ring (bicyclic) bond motifs is 4. The second-order valence-electron chi connectivity index (χ2n) is 10.8. The van der Waals surface area contributed by atoms with Crippen molar-refractivity contribution in [3.8, 4) is 5.75 Å². The summed E-state index contributed by atoms with van der Waals surface area (Å²) in [5, 5.41) is 7.53. The molecule has 11 nitrogen and oxygen atoms in total. The minimum absolute atomic E-state index is 0.387. The van der Waals surface area contributed by atoms with E-state index in [1.165, 1.54) is 17.0 Å². The van der Waals surface area contributed by atoms with Crippen LogP contribution in [0.15, 0.2) is 48.7 Å². The van der Waals surface area contributed by atoms with Gasteiger partial charge < -0.3 is 30.2 Å². The molecular weight excluding hydrogens is 528 g/mol. The van der Waals surface area contributed by atoms with Gasteiger partial charge in [-0.1, -0.05) is 12.1 Å². The Labute approximate surface area is 233 Å². The molecule has 0 aliphatic carbocycles. The number of likely N-dealkylation sites (tertiary alicyclic amines) is 1. The molecule has 3 aliphatic heterocycles. The van der Waals surface area contributed by atoms with Crippen molar-refractivity contribution in [3.63, 3.8) is 0 Å². The van der Waals surface area contributed by atoms with Crippen LogP contribution >= 0.6 is 0 Å². The first-order valence-electron chi connectivity index (χ1n) is 13.4. The van der Waals surface area contributed by atoms with E-state index in [9.17, 15) is 8.42 Å². The second-order valence-corrected chi connectivity index (χ2v) is 12.7. The lowest BCUT2D eigenvalue weighted by atomic mass is 9.87. The van der Waals surface area contributed by atoms with Crippen LogP contribution in [0.5, 0.6) is 5.75 Å². The number of likely N-dealkylation sites (N-methyl/N-ethyl adjacent to an activating group) is 1. The van der Waals surface area contributed by atoms with Gasteiger partial charge in [0.1, 0.15) is 17.2 Å². The molecule has 3 N–H and O–H groups in total. The van der Waals surface area contributed by atoms with Gasteiger partial charge in [-0.25, -0.2) is 8.42 Å². The number of hydrogen-bond acceptors (Lipinski definition) is 9. The third-order valence-corrected chi connectivity index (χ3v) is 9.29. The molecule has 2 bridgehead atoms. The van der Waals surface area contributed by atoms with Crippen molar-refractivity contribution >= 4 is 55.6 Å². The van der Waals surface area contributed by atoms with E-state index in [0.717, 1.165) is 35.4 Å². The van der Waals surface area contributed by atoms with Crippen molar-refractivity contribution in [2.75, 3.05) is 59.9 Å². The number of nitrogens with zero attached hydrogens (tertiary/aromatic N) is 5. The van der Waals surface area contributed by atoms with Gasteiger partial charge in [0.15, 0.2) is 0 Å². The molecular formula is C28H32N8O3S. The molecule has 2 atom stereocenters. The Morgan fingerprint density at radius 2 is 1.88 bits per heavy atom. The number of piperazine rings is 1. The number of anilines is 6. The number of methoxy groups -OCH3 is 1. The largest absolute Gasteiger partial charge is 0.494 e. The number of aromatic nitrogens is 3. The summed E-state index contributed by atoms with van der Waals surface area (Å²) in [6, 6.07) is 15.0. The predicted molar refractivity (Wildman–Crippen MR) is 158 cm³/mol. The van der Waals surface area contributed by atoms with Crippen LogP contribution in [0.1, 0.15) is 12.0 Å². The van der Waals surface area contributed by atoms with Gasteiger partial charge in [0, 0.05) is 49.7 Å². The summed E-state index contributed by atoms with van der Waals surface area (Å²) in [6.07, 6.45) is 4.95. The Hall–Kier alpha value is -4.03. The third-order valence-electron chi connectivity index (χ3n) is 8.13. The number of hydrogen-bond donors (Lipinski definition) is 3. The number of benzene rings is 2. The normalized spacial score (nSPS) is 20.4. The predicted octanol–water partition coefficient (Wildman–Crippen LogP) is 3.67. The van der Waals surface area contributed by atoms with Gasteiger partial charge in [0.05, 0.1) is 35.8 Å². The van der Waals surface area contributed by atoms with Crippen LogP contribution in [0.3, 0.4) is 0 Å². The molecule has 2 saturated heterocycles. The first kappa shape index (κ1) is 25.0. The zero-order valence-corrected chi connectivity index (χ0v) is 23.5. The van der Waals surface area contributed by atoms with Crippen molar-refractivity contribution in [3.05, 3.63) is 54.2 Å². The van der Waals surface area contributed by atoms with E-state index in [4.69, 9.17) is 9.72 Å². The minimum atomic E-state index is -3.41. The quantitative estimate of drug-likeness (QED) is 0.311. The fourth-order valence-corrected chi connectivity index (χ4v) is 7.35. The van der Waals surface area contributed by atoms with E-state index in [-0.39, 0.29) is 0 Å². The first-order valence-corrected chi connectivity index (χ1v) is 15.3. The number of sulfonamides is 1. The zero-order valence-electron chi connectivity index (χ0n) is 22.7. The SMILES string of the molecule is COc1cc(N2C3CC2CN(C)C3)ccc1Nc1nc(Nc2cccc3c2N(S(C)(=O)=O)CC3)c2cc[nH]c2n1. The monoisotopic (exact) mass is 560 g/mol. The van der Waals surface area contributed by atoms with Gasteiger partial charge in [-0.05, 0) is 49.7 Å². The Bertz CT molecular complexity index is 1710. The van der Waals surface area contributed by atoms with E-state index in [0.29, 0.717) is 59.6 Å². The molecule has 4 aromatic rings. The number of nitrogens with one attached hydrogen (secondary N) is 3. The maximum absolute atomic E-state index is 12.5. The summed E-state index contributed by atoms with van der Waals surface area (Å²) in [4.78, 5) is 17.5. The number of aromatic amines is 1. The lowest BCUT2D eigenvalue weighted by Crippen LogP contribution is -2.68. The summed E-state index contributed by atoms with van der Waals surface area (Å²) < 4.78 is 32.2. The molecule has 0 amide bonds. The molecule has 3 aliphatic rings. The van der Waals surface area contributed by atoms with Gasteiger partial charge in [-0.3, -0.25) is 4.31 Å². The van der Waals surface area contributed by atoms with E-state index in [1.807, 2.05) is 36.5 Å².